The Morgan fingerprint density at radius 3 is 2.76 bits per heavy atom. The van der Waals surface area contributed by atoms with Gasteiger partial charge in [-0.2, -0.15) is 5.26 Å². The Hall–Kier alpha value is -2.19. The summed E-state index contributed by atoms with van der Waals surface area (Å²) in [5.74, 6) is -1.09. The summed E-state index contributed by atoms with van der Waals surface area (Å²) in [7, 11) is 0. The van der Waals surface area contributed by atoms with E-state index < -0.39 is 11.6 Å². The van der Waals surface area contributed by atoms with Crippen molar-refractivity contribution in [3.63, 3.8) is 0 Å². The predicted molar refractivity (Wildman–Crippen MR) is 75.1 cm³/mol. The van der Waals surface area contributed by atoms with E-state index in [-0.39, 0.29) is 12.0 Å². The van der Waals surface area contributed by atoms with Gasteiger partial charge in [0, 0.05) is 18.2 Å². The zero-order chi connectivity index (χ0) is 15.0. The van der Waals surface area contributed by atoms with Crippen LogP contribution >= 0.6 is 11.6 Å². The van der Waals surface area contributed by atoms with Crippen LogP contribution in [0, 0.1) is 23.0 Å². The van der Waals surface area contributed by atoms with Crippen LogP contribution in [0.15, 0.2) is 30.5 Å². The first kappa shape index (κ1) is 13.8. The van der Waals surface area contributed by atoms with Crippen molar-refractivity contribution >= 4 is 17.4 Å². The number of aromatic nitrogens is 1. The Bertz CT molecular complexity index is 742. The van der Waals surface area contributed by atoms with Gasteiger partial charge in [-0.15, -0.1) is 0 Å². The Balaban J connectivity index is 1.71. The molecule has 2 aromatic rings. The maximum absolute atomic E-state index is 13.2. The van der Waals surface area contributed by atoms with Gasteiger partial charge in [0.05, 0.1) is 10.6 Å². The van der Waals surface area contributed by atoms with E-state index in [0.717, 1.165) is 18.1 Å². The lowest BCUT2D eigenvalue weighted by atomic mass is 10.1. The van der Waals surface area contributed by atoms with Crippen LogP contribution in [0.25, 0.3) is 0 Å². The van der Waals surface area contributed by atoms with Crippen molar-refractivity contribution in [2.45, 2.75) is 18.4 Å². The van der Waals surface area contributed by atoms with Gasteiger partial charge >= 0.3 is 0 Å². The highest BCUT2D eigenvalue weighted by atomic mass is 35.5. The molecule has 0 spiro atoms. The minimum absolute atomic E-state index is 0.0767. The van der Waals surface area contributed by atoms with E-state index in [9.17, 15) is 8.78 Å². The van der Waals surface area contributed by atoms with Gasteiger partial charge in [0.15, 0.2) is 11.6 Å². The predicted octanol–water partition coefficient (Wildman–Crippen LogP) is 3.85. The molecule has 106 valence electrons. The first-order valence-corrected chi connectivity index (χ1v) is 6.73. The molecular weight excluding hydrogens is 296 g/mol. The van der Waals surface area contributed by atoms with E-state index in [0.29, 0.717) is 16.4 Å². The van der Waals surface area contributed by atoms with Gasteiger partial charge in [0.2, 0.25) is 0 Å². The number of hydrogen-bond donors (Lipinski definition) is 1. The van der Waals surface area contributed by atoms with E-state index in [1.807, 2.05) is 6.07 Å². The van der Waals surface area contributed by atoms with Crippen LogP contribution in [-0.2, 0) is 0 Å². The standard InChI is InChI=1S/C15H10ClF2N3/c16-11-3-8(6-19)7-20-15(11)21-14-5-10(14)9-1-2-12(17)13(18)4-9/h1-4,7,10,14H,5H2,(H,20,21)/t10-,14+/m1/s1. The lowest BCUT2D eigenvalue weighted by Crippen LogP contribution is -2.06. The second kappa shape index (κ2) is 5.30. The van der Waals surface area contributed by atoms with Crippen molar-refractivity contribution in [1.29, 1.82) is 5.26 Å². The summed E-state index contributed by atoms with van der Waals surface area (Å²) in [5.41, 5.74) is 1.13. The third-order valence-electron chi connectivity index (χ3n) is 3.45. The van der Waals surface area contributed by atoms with E-state index in [4.69, 9.17) is 16.9 Å². The molecular formula is C15H10ClF2N3. The van der Waals surface area contributed by atoms with Crippen molar-refractivity contribution in [2.75, 3.05) is 5.32 Å². The number of pyridine rings is 1. The van der Waals surface area contributed by atoms with Gasteiger partial charge in [-0.1, -0.05) is 17.7 Å². The molecule has 0 amide bonds. The van der Waals surface area contributed by atoms with Gasteiger partial charge in [-0.3, -0.25) is 0 Å². The first-order chi connectivity index (χ1) is 10.1. The minimum atomic E-state index is -0.847. The van der Waals surface area contributed by atoms with Crippen molar-refractivity contribution in [3.05, 3.63) is 58.2 Å². The van der Waals surface area contributed by atoms with E-state index in [1.54, 1.807) is 6.07 Å². The maximum atomic E-state index is 13.2. The molecule has 6 heteroatoms. The zero-order valence-corrected chi connectivity index (χ0v) is 11.5. The van der Waals surface area contributed by atoms with E-state index in [1.165, 1.54) is 18.3 Å². The summed E-state index contributed by atoms with van der Waals surface area (Å²) in [4.78, 5) is 4.09. The number of nitriles is 1. The third kappa shape index (κ3) is 2.81. The van der Waals surface area contributed by atoms with Crippen LogP contribution in [-0.4, -0.2) is 11.0 Å². The van der Waals surface area contributed by atoms with Gasteiger partial charge in [-0.05, 0) is 30.2 Å². The molecule has 1 fully saturated rings. The maximum Gasteiger partial charge on any atom is 0.159 e. The molecule has 3 nitrogen and oxygen atoms in total. The van der Waals surface area contributed by atoms with Crippen LogP contribution in [0.2, 0.25) is 5.02 Å². The number of benzene rings is 1. The SMILES string of the molecule is N#Cc1cnc(N[C@H]2C[C@@H]2c2ccc(F)c(F)c2)c(Cl)c1. The highest BCUT2D eigenvalue weighted by molar-refractivity contribution is 6.33. The normalized spacial score (nSPS) is 19.9. The molecule has 1 heterocycles. The summed E-state index contributed by atoms with van der Waals surface area (Å²) >= 11 is 6.03. The van der Waals surface area contributed by atoms with Crippen LogP contribution in [0.1, 0.15) is 23.5 Å². The highest BCUT2D eigenvalue weighted by Crippen LogP contribution is 2.43. The highest BCUT2D eigenvalue weighted by Gasteiger charge is 2.39. The van der Waals surface area contributed by atoms with Crippen LogP contribution in [0.5, 0.6) is 0 Å². The van der Waals surface area contributed by atoms with Crippen molar-refractivity contribution in [2.24, 2.45) is 0 Å². The third-order valence-corrected chi connectivity index (χ3v) is 3.74. The molecule has 0 bridgehead atoms. The topological polar surface area (TPSA) is 48.7 Å². The van der Waals surface area contributed by atoms with Crippen molar-refractivity contribution in [3.8, 4) is 6.07 Å². The smallest absolute Gasteiger partial charge is 0.159 e. The number of hydrogen-bond acceptors (Lipinski definition) is 3. The number of halogens is 3. The average Bonchev–Trinajstić information content (AvgIpc) is 3.23. The fourth-order valence-electron chi connectivity index (χ4n) is 2.25. The first-order valence-electron chi connectivity index (χ1n) is 6.35. The summed E-state index contributed by atoms with van der Waals surface area (Å²) in [6, 6.07) is 7.50. The molecule has 0 radical (unpaired) electrons. The number of rotatable bonds is 3. The van der Waals surface area contributed by atoms with Gasteiger partial charge in [-0.25, -0.2) is 13.8 Å². The summed E-state index contributed by atoms with van der Waals surface area (Å²) in [5, 5.41) is 12.3. The quantitative estimate of drug-likeness (QED) is 0.937. The minimum Gasteiger partial charge on any atom is -0.365 e. The molecule has 3 rings (SSSR count). The fourth-order valence-corrected chi connectivity index (χ4v) is 2.47. The van der Waals surface area contributed by atoms with Crippen molar-refractivity contribution < 1.29 is 8.78 Å². The molecule has 0 unspecified atom stereocenters. The molecule has 1 aromatic carbocycles. The molecule has 1 aliphatic rings. The van der Waals surface area contributed by atoms with Crippen LogP contribution in [0.3, 0.4) is 0 Å². The monoisotopic (exact) mass is 305 g/mol. The Kier molecular flexibility index (Phi) is 3.48. The number of nitrogens with one attached hydrogen (secondary N) is 1. The van der Waals surface area contributed by atoms with Crippen LogP contribution in [0.4, 0.5) is 14.6 Å². The average molecular weight is 306 g/mol. The van der Waals surface area contributed by atoms with Crippen LogP contribution < -0.4 is 5.32 Å². The van der Waals surface area contributed by atoms with E-state index in [2.05, 4.69) is 10.3 Å². The fraction of sp³-hybridized carbons (Fsp3) is 0.200. The second-order valence-electron chi connectivity index (χ2n) is 4.93. The molecule has 0 saturated heterocycles. The Labute approximate surface area is 125 Å². The summed E-state index contributed by atoms with van der Waals surface area (Å²) in [6.45, 7) is 0. The lowest BCUT2D eigenvalue weighted by molar-refractivity contribution is 0.507. The molecule has 0 aliphatic heterocycles. The summed E-state index contributed by atoms with van der Waals surface area (Å²) < 4.78 is 26.1. The Morgan fingerprint density at radius 2 is 2.10 bits per heavy atom. The lowest BCUT2D eigenvalue weighted by Gasteiger charge is -2.07. The zero-order valence-electron chi connectivity index (χ0n) is 10.8. The van der Waals surface area contributed by atoms with Gasteiger partial charge in [0.1, 0.15) is 11.9 Å². The number of nitrogens with zero attached hydrogens (tertiary/aromatic N) is 2. The molecule has 2 atom stereocenters. The van der Waals surface area contributed by atoms with Gasteiger partial charge < -0.3 is 5.32 Å². The molecule has 1 saturated carbocycles. The summed E-state index contributed by atoms with van der Waals surface area (Å²) in [6.07, 6.45) is 2.23. The molecule has 21 heavy (non-hydrogen) atoms. The van der Waals surface area contributed by atoms with Crippen molar-refractivity contribution in [1.82, 2.24) is 4.98 Å². The number of anilines is 1. The van der Waals surface area contributed by atoms with E-state index >= 15 is 0 Å². The second-order valence-corrected chi connectivity index (χ2v) is 5.34. The Morgan fingerprint density at radius 1 is 1.29 bits per heavy atom. The molecule has 1 aliphatic carbocycles. The largest absolute Gasteiger partial charge is 0.365 e. The molecule has 1 aromatic heterocycles. The molecule has 1 N–H and O–H groups in total. The van der Waals surface area contributed by atoms with Gasteiger partial charge in [0.25, 0.3) is 0 Å².